The Morgan fingerprint density at radius 2 is 1.88 bits per heavy atom. The van der Waals surface area contributed by atoms with Crippen LogP contribution in [0.4, 0.5) is 5.69 Å². The normalized spacial score (nSPS) is 25.2. The van der Waals surface area contributed by atoms with Gasteiger partial charge in [-0.25, -0.2) is 4.68 Å². The summed E-state index contributed by atoms with van der Waals surface area (Å²) in [5, 5.41) is 52.6. The summed E-state index contributed by atoms with van der Waals surface area (Å²) in [5.74, 6) is -0.548. The van der Waals surface area contributed by atoms with Gasteiger partial charge in [0.25, 0.3) is 5.91 Å². The number of hydrogen-bond donors (Lipinski definition) is 4. The lowest BCUT2D eigenvalue weighted by atomic mass is 9.99. The number of nitriles is 1. The summed E-state index contributed by atoms with van der Waals surface area (Å²) in [5.41, 5.74) is 2.33. The Bertz CT molecular complexity index is 1440. The van der Waals surface area contributed by atoms with E-state index < -0.39 is 36.6 Å². The third-order valence-electron chi connectivity index (χ3n) is 7.53. The first-order chi connectivity index (χ1) is 19.9. The summed E-state index contributed by atoms with van der Waals surface area (Å²) in [7, 11) is 1.32. The highest BCUT2D eigenvalue weighted by Crippen LogP contribution is 2.26. The molecule has 3 aromatic rings. The Hall–Kier alpha value is -3.86. The first-order valence-corrected chi connectivity index (χ1v) is 13.7. The van der Waals surface area contributed by atoms with Crippen LogP contribution < -0.4 is 10.2 Å². The van der Waals surface area contributed by atoms with Crippen LogP contribution in [0.25, 0.3) is 16.8 Å². The van der Waals surface area contributed by atoms with Gasteiger partial charge in [-0.05, 0) is 59.9 Å². The predicted molar refractivity (Wildman–Crippen MR) is 149 cm³/mol. The van der Waals surface area contributed by atoms with Gasteiger partial charge in [0.15, 0.2) is 6.29 Å². The van der Waals surface area contributed by atoms with E-state index in [-0.39, 0.29) is 18.7 Å². The summed E-state index contributed by atoms with van der Waals surface area (Å²) in [6.45, 7) is 2.19. The molecule has 2 aliphatic heterocycles. The number of carbonyl (C=O) groups is 1. The van der Waals surface area contributed by atoms with Crippen molar-refractivity contribution in [1.82, 2.24) is 20.3 Å². The fourth-order valence-corrected chi connectivity index (χ4v) is 5.23. The zero-order chi connectivity index (χ0) is 28.9. The molecule has 41 heavy (non-hydrogen) atoms. The first kappa shape index (κ1) is 28.7. The largest absolute Gasteiger partial charge is 0.388 e. The van der Waals surface area contributed by atoms with E-state index in [1.54, 1.807) is 12.3 Å². The average molecular weight is 563 g/mol. The van der Waals surface area contributed by atoms with Gasteiger partial charge in [0, 0.05) is 25.9 Å². The molecule has 0 radical (unpaired) electrons. The number of benzene rings is 2. The minimum Gasteiger partial charge on any atom is -0.388 e. The van der Waals surface area contributed by atoms with Gasteiger partial charge in [0.2, 0.25) is 0 Å². The van der Waals surface area contributed by atoms with Crippen molar-refractivity contribution in [3.8, 4) is 6.07 Å². The lowest BCUT2D eigenvalue weighted by molar-refractivity contribution is -0.292. The molecule has 12 nitrogen and oxygen atoms in total. The van der Waals surface area contributed by atoms with Crippen LogP contribution in [0.3, 0.4) is 0 Å². The molecule has 2 aromatic carbocycles. The predicted octanol–water partition coefficient (Wildman–Crippen LogP) is 1.10. The molecule has 1 amide bonds. The Kier molecular flexibility index (Phi) is 8.92. The van der Waals surface area contributed by atoms with Crippen LogP contribution >= 0.6 is 0 Å². The summed E-state index contributed by atoms with van der Waals surface area (Å²) >= 11 is 0. The van der Waals surface area contributed by atoms with Crippen LogP contribution in [0.2, 0.25) is 0 Å². The zero-order valence-corrected chi connectivity index (χ0v) is 22.8. The van der Waals surface area contributed by atoms with E-state index in [1.165, 1.54) is 36.7 Å². The number of anilines is 1. The summed E-state index contributed by atoms with van der Waals surface area (Å²) in [6.07, 6.45) is 0.604. The molecule has 0 unspecified atom stereocenters. The molecule has 5 atom stereocenters. The molecule has 0 spiro atoms. The highest BCUT2D eigenvalue weighted by molar-refractivity contribution is 6.02. The number of piperidine rings is 1. The van der Waals surface area contributed by atoms with E-state index in [4.69, 9.17) is 9.47 Å². The van der Waals surface area contributed by atoms with Crippen LogP contribution in [0.1, 0.15) is 30.5 Å². The van der Waals surface area contributed by atoms with Crippen molar-refractivity contribution in [3.63, 3.8) is 0 Å². The highest BCUT2D eigenvalue weighted by atomic mass is 16.7. The molecule has 2 fully saturated rings. The van der Waals surface area contributed by atoms with Crippen LogP contribution in [-0.4, -0.2) is 87.1 Å². The molecule has 4 N–H and O–H groups in total. The second-order valence-electron chi connectivity index (χ2n) is 10.4. The number of aromatic nitrogens is 3. The van der Waals surface area contributed by atoms with Gasteiger partial charge in [-0.3, -0.25) is 4.79 Å². The van der Waals surface area contributed by atoms with E-state index in [0.717, 1.165) is 29.4 Å². The van der Waals surface area contributed by atoms with Crippen LogP contribution in [0.15, 0.2) is 48.2 Å². The summed E-state index contributed by atoms with van der Waals surface area (Å²) in [6, 6.07) is 14.2. The maximum Gasteiger partial charge on any atom is 0.262 e. The molecule has 216 valence electrons. The standard InChI is InChI=1S/C29H34N6O6/c1-40-29-27(38)26(37)25(36)24(41-29)17-35-16-22(32-33-35)15-31-28(39)21(14-30)12-18-5-6-20-13-23(8-7-19(20)11-18)34-9-3-2-4-10-34/h5-8,11-13,16,24-27,29,36-38H,2-4,9-10,15,17H2,1H3,(H,31,39)/b21-12+/t24-,25-,26+,27-,29+/m1/s1. The summed E-state index contributed by atoms with van der Waals surface area (Å²) in [4.78, 5) is 15.2. The molecule has 2 saturated heterocycles. The number of ether oxygens (including phenoxy) is 2. The number of fused-ring (bicyclic) bond motifs is 1. The van der Waals surface area contributed by atoms with Crippen molar-refractivity contribution in [2.45, 2.75) is 63.1 Å². The van der Waals surface area contributed by atoms with Gasteiger partial charge in [-0.2, -0.15) is 5.26 Å². The topological polar surface area (TPSA) is 166 Å². The van der Waals surface area contributed by atoms with Gasteiger partial charge >= 0.3 is 0 Å². The quantitative estimate of drug-likeness (QED) is 0.231. The molecular formula is C29H34N6O6. The minimum absolute atomic E-state index is 0.0188. The van der Waals surface area contributed by atoms with E-state index in [2.05, 4.69) is 38.7 Å². The minimum atomic E-state index is -1.45. The molecule has 12 heteroatoms. The van der Waals surface area contributed by atoms with E-state index >= 15 is 0 Å². The Balaban J connectivity index is 1.19. The maximum absolute atomic E-state index is 12.8. The molecule has 0 aliphatic carbocycles. The van der Waals surface area contributed by atoms with Crippen molar-refractivity contribution in [1.29, 1.82) is 5.26 Å². The first-order valence-electron chi connectivity index (χ1n) is 13.7. The number of carbonyl (C=O) groups excluding carboxylic acids is 1. The van der Waals surface area contributed by atoms with Crippen molar-refractivity contribution in [3.05, 3.63) is 59.4 Å². The van der Waals surface area contributed by atoms with E-state index in [1.807, 2.05) is 24.3 Å². The van der Waals surface area contributed by atoms with Crippen molar-refractivity contribution < 1.29 is 29.6 Å². The number of hydrogen-bond acceptors (Lipinski definition) is 10. The SMILES string of the molecule is CO[C@H]1O[C@H](Cn2cc(CNC(=O)/C(C#N)=C/c3ccc4cc(N5CCCCC5)ccc4c3)nn2)[C@@H](O)[C@H](O)[C@H]1O. The van der Waals surface area contributed by atoms with Crippen LogP contribution in [0, 0.1) is 11.3 Å². The van der Waals surface area contributed by atoms with E-state index in [0.29, 0.717) is 5.69 Å². The number of amides is 1. The van der Waals surface area contributed by atoms with Crippen LogP contribution in [-0.2, 0) is 27.4 Å². The van der Waals surface area contributed by atoms with Gasteiger partial charge < -0.3 is 35.0 Å². The Morgan fingerprint density at radius 3 is 2.63 bits per heavy atom. The number of aliphatic hydroxyl groups excluding tert-OH is 3. The van der Waals surface area contributed by atoms with Gasteiger partial charge in [0.1, 0.15) is 41.8 Å². The third-order valence-corrected chi connectivity index (χ3v) is 7.53. The molecular weight excluding hydrogens is 528 g/mol. The molecule has 0 bridgehead atoms. The van der Waals surface area contributed by atoms with Gasteiger partial charge in [-0.1, -0.05) is 23.4 Å². The van der Waals surface area contributed by atoms with Gasteiger partial charge in [0.05, 0.1) is 19.3 Å². The van der Waals surface area contributed by atoms with Crippen LogP contribution in [0.5, 0.6) is 0 Å². The Labute approximate surface area is 237 Å². The summed E-state index contributed by atoms with van der Waals surface area (Å²) < 4.78 is 11.9. The van der Waals surface area contributed by atoms with Crippen molar-refractivity contribution in [2.75, 3.05) is 25.1 Å². The van der Waals surface area contributed by atoms with Crippen molar-refractivity contribution >= 4 is 28.4 Å². The molecule has 5 rings (SSSR count). The number of aliphatic hydroxyl groups is 3. The number of methoxy groups -OCH3 is 1. The third kappa shape index (κ3) is 6.56. The number of rotatable bonds is 8. The number of nitrogens with one attached hydrogen (secondary N) is 1. The second-order valence-corrected chi connectivity index (χ2v) is 10.4. The molecule has 3 heterocycles. The molecule has 2 aliphatic rings. The van der Waals surface area contributed by atoms with Gasteiger partial charge in [-0.15, -0.1) is 5.10 Å². The number of nitrogens with zero attached hydrogens (tertiary/aromatic N) is 5. The van der Waals surface area contributed by atoms with Crippen molar-refractivity contribution in [2.24, 2.45) is 0 Å². The molecule has 0 saturated carbocycles. The monoisotopic (exact) mass is 562 g/mol. The zero-order valence-electron chi connectivity index (χ0n) is 22.8. The highest BCUT2D eigenvalue weighted by Gasteiger charge is 2.44. The fraction of sp³-hybridized carbons (Fsp3) is 0.448. The fourth-order valence-electron chi connectivity index (χ4n) is 5.23. The maximum atomic E-state index is 12.8. The second kappa shape index (κ2) is 12.8. The lowest BCUT2D eigenvalue weighted by Crippen LogP contribution is -2.58. The molecule has 1 aromatic heterocycles. The average Bonchev–Trinajstić information content (AvgIpc) is 3.46. The lowest BCUT2D eigenvalue weighted by Gasteiger charge is -2.39. The Morgan fingerprint density at radius 1 is 1.12 bits per heavy atom. The van der Waals surface area contributed by atoms with E-state index in [9.17, 15) is 25.4 Å². The smallest absolute Gasteiger partial charge is 0.262 e.